The highest BCUT2D eigenvalue weighted by Crippen LogP contribution is 2.37. The minimum atomic E-state index is -0.0867. The SMILES string of the molecule is CC1(C)C(N)=Nc2ccccc21.CO.COC. The van der Waals surface area contributed by atoms with Gasteiger partial charge in [-0.1, -0.05) is 18.2 Å². The van der Waals surface area contributed by atoms with E-state index in [-0.39, 0.29) is 5.41 Å². The van der Waals surface area contributed by atoms with Crippen molar-refractivity contribution in [3.8, 4) is 0 Å². The first kappa shape index (κ1) is 15.6. The molecule has 3 N–H and O–H groups in total. The van der Waals surface area contributed by atoms with Crippen LogP contribution in [0.1, 0.15) is 19.4 Å². The van der Waals surface area contributed by atoms with Gasteiger partial charge in [0.05, 0.1) is 5.69 Å². The number of amidine groups is 1. The van der Waals surface area contributed by atoms with E-state index >= 15 is 0 Å². The molecule has 0 saturated heterocycles. The average molecular weight is 238 g/mol. The summed E-state index contributed by atoms with van der Waals surface area (Å²) >= 11 is 0. The van der Waals surface area contributed by atoms with Gasteiger partial charge in [-0.3, -0.25) is 0 Å². The lowest BCUT2D eigenvalue weighted by molar-refractivity contribution is 0.277. The number of benzene rings is 1. The van der Waals surface area contributed by atoms with Gasteiger partial charge in [0.1, 0.15) is 5.84 Å². The standard InChI is InChI=1S/C10H12N2.C2H6O.CH4O/c1-10(2)7-5-3-4-6-8(7)12-9(10)11;1-3-2;1-2/h3-6H,1-2H3,(H2,11,12);1-2H3;2H,1H3. The Morgan fingerprint density at radius 3 is 2.12 bits per heavy atom. The van der Waals surface area contributed by atoms with Crippen molar-refractivity contribution >= 4 is 11.5 Å². The van der Waals surface area contributed by atoms with E-state index < -0.39 is 0 Å². The summed E-state index contributed by atoms with van der Waals surface area (Å²) in [6, 6.07) is 8.08. The van der Waals surface area contributed by atoms with E-state index in [1.54, 1.807) is 14.2 Å². The molecule has 0 fully saturated rings. The van der Waals surface area contributed by atoms with Crippen LogP contribution in [0.5, 0.6) is 0 Å². The molecule has 0 spiro atoms. The van der Waals surface area contributed by atoms with Gasteiger partial charge in [-0.15, -0.1) is 0 Å². The van der Waals surface area contributed by atoms with Gasteiger partial charge < -0.3 is 15.6 Å². The maximum Gasteiger partial charge on any atom is 0.110 e. The van der Waals surface area contributed by atoms with E-state index in [2.05, 4.69) is 29.6 Å². The summed E-state index contributed by atoms with van der Waals surface area (Å²) in [7, 11) is 4.25. The molecule has 4 heteroatoms. The Bertz CT molecular complexity index is 373. The predicted octanol–water partition coefficient (Wildman–Crippen LogP) is 1.84. The fraction of sp³-hybridized carbons (Fsp3) is 0.462. The van der Waals surface area contributed by atoms with Crippen molar-refractivity contribution in [2.24, 2.45) is 10.7 Å². The van der Waals surface area contributed by atoms with Gasteiger partial charge in [0, 0.05) is 26.7 Å². The number of hydrogen-bond acceptors (Lipinski definition) is 4. The van der Waals surface area contributed by atoms with Crippen molar-refractivity contribution < 1.29 is 9.84 Å². The molecule has 1 aliphatic heterocycles. The molecule has 4 nitrogen and oxygen atoms in total. The number of aliphatic hydroxyl groups is 1. The molecule has 1 aromatic rings. The minimum Gasteiger partial charge on any atom is -0.400 e. The van der Waals surface area contributed by atoms with Gasteiger partial charge in [-0.05, 0) is 25.5 Å². The highest BCUT2D eigenvalue weighted by molar-refractivity contribution is 5.98. The normalized spacial score (nSPS) is 14.6. The Balaban J connectivity index is 0.000000450. The van der Waals surface area contributed by atoms with E-state index in [0.29, 0.717) is 5.84 Å². The molecular weight excluding hydrogens is 216 g/mol. The zero-order chi connectivity index (χ0) is 13.5. The lowest BCUT2D eigenvalue weighted by Gasteiger charge is -2.18. The average Bonchev–Trinajstić information content (AvgIpc) is 2.55. The number of nitrogens with two attached hydrogens (primary N) is 1. The van der Waals surface area contributed by atoms with Crippen LogP contribution in [-0.4, -0.2) is 32.3 Å². The van der Waals surface area contributed by atoms with Crippen LogP contribution in [0, 0.1) is 0 Å². The zero-order valence-corrected chi connectivity index (χ0v) is 11.2. The smallest absolute Gasteiger partial charge is 0.110 e. The molecule has 0 saturated carbocycles. The van der Waals surface area contributed by atoms with Crippen LogP contribution >= 0.6 is 0 Å². The Morgan fingerprint density at radius 2 is 1.65 bits per heavy atom. The van der Waals surface area contributed by atoms with E-state index in [1.165, 1.54) is 5.56 Å². The van der Waals surface area contributed by atoms with Crippen LogP contribution in [0.4, 0.5) is 5.69 Å². The van der Waals surface area contributed by atoms with Gasteiger partial charge in [-0.25, -0.2) is 4.99 Å². The number of aliphatic imine (C=N–C) groups is 1. The summed E-state index contributed by atoms with van der Waals surface area (Å²) in [5, 5.41) is 7.00. The highest BCUT2D eigenvalue weighted by atomic mass is 16.4. The van der Waals surface area contributed by atoms with Crippen LogP contribution in [0.2, 0.25) is 0 Å². The lowest BCUT2D eigenvalue weighted by atomic mass is 9.85. The second kappa shape index (κ2) is 7.04. The molecule has 0 atom stereocenters. The number of aliphatic hydroxyl groups excluding tert-OH is 1. The first-order chi connectivity index (χ1) is 8.04. The summed E-state index contributed by atoms with van der Waals surface area (Å²) in [6.07, 6.45) is 0. The van der Waals surface area contributed by atoms with Gasteiger partial charge >= 0.3 is 0 Å². The van der Waals surface area contributed by atoms with Crippen molar-refractivity contribution in [2.45, 2.75) is 19.3 Å². The molecule has 0 bridgehead atoms. The zero-order valence-electron chi connectivity index (χ0n) is 11.2. The van der Waals surface area contributed by atoms with E-state index in [0.717, 1.165) is 12.8 Å². The predicted molar refractivity (Wildman–Crippen MR) is 71.8 cm³/mol. The molecule has 1 aliphatic rings. The molecule has 17 heavy (non-hydrogen) atoms. The van der Waals surface area contributed by atoms with E-state index in [9.17, 15) is 0 Å². The van der Waals surface area contributed by atoms with E-state index in [1.807, 2.05) is 18.2 Å². The molecule has 0 radical (unpaired) electrons. The van der Waals surface area contributed by atoms with Crippen molar-refractivity contribution in [1.29, 1.82) is 0 Å². The minimum absolute atomic E-state index is 0.0867. The van der Waals surface area contributed by atoms with Gasteiger partial charge in [0.2, 0.25) is 0 Å². The van der Waals surface area contributed by atoms with Gasteiger partial charge in [0.15, 0.2) is 0 Å². The molecule has 0 amide bonds. The first-order valence-electron chi connectivity index (χ1n) is 5.33. The molecule has 1 aromatic carbocycles. The number of rotatable bonds is 0. The number of nitrogens with zero attached hydrogens (tertiary/aromatic N) is 1. The largest absolute Gasteiger partial charge is 0.400 e. The maximum atomic E-state index is 7.00. The molecule has 0 aliphatic carbocycles. The summed E-state index contributed by atoms with van der Waals surface area (Å²) < 4.78 is 4.25. The van der Waals surface area contributed by atoms with Crippen LogP contribution in [-0.2, 0) is 10.2 Å². The number of ether oxygens (including phenoxy) is 1. The molecule has 1 heterocycles. The Labute approximate surface area is 103 Å². The second-order valence-electron chi connectivity index (χ2n) is 4.05. The van der Waals surface area contributed by atoms with Crippen molar-refractivity contribution in [2.75, 3.05) is 21.3 Å². The monoisotopic (exact) mass is 238 g/mol. The molecule has 0 unspecified atom stereocenters. The number of fused-ring (bicyclic) bond motifs is 1. The fourth-order valence-electron chi connectivity index (χ4n) is 1.51. The third-order valence-electron chi connectivity index (χ3n) is 2.46. The third kappa shape index (κ3) is 3.54. The van der Waals surface area contributed by atoms with Gasteiger partial charge in [-0.2, -0.15) is 0 Å². The lowest BCUT2D eigenvalue weighted by Crippen LogP contribution is -2.32. The highest BCUT2D eigenvalue weighted by Gasteiger charge is 2.32. The Kier molecular flexibility index (Phi) is 6.46. The third-order valence-corrected chi connectivity index (χ3v) is 2.46. The number of para-hydroxylation sites is 1. The van der Waals surface area contributed by atoms with Crippen LogP contribution in [0.15, 0.2) is 29.3 Å². The summed E-state index contributed by atoms with van der Waals surface area (Å²) in [5.41, 5.74) is 7.96. The topological polar surface area (TPSA) is 67.8 Å². The fourth-order valence-corrected chi connectivity index (χ4v) is 1.51. The number of methoxy groups -OCH3 is 1. The second-order valence-corrected chi connectivity index (χ2v) is 4.05. The molecule has 0 aromatic heterocycles. The van der Waals surface area contributed by atoms with E-state index in [4.69, 9.17) is 10.8 Å². The molecule has 2 rings (SSSR count). The van der Waals surface area contributed by atoms with Crippen LogP contribution in [0.25, 0.3) is 0 Å². The van der Waals surface area contributed by atoms with Crippen molar-refractivity contribution in [1.82, 2.24) is 0 Å². The van der Waals surface area contributed by atoms with Crippen LogP contribution < -0.4 is 5.73 Å². The van der Waals surface area contributed by atoms with Crippen molar-refractivity contribution in [3.63, 3.8) is 0 Å². The first-order valence-corrected chi connectivity index (χ1v) is 5.33. The maximum absolute atomic E-state index is 7.00. The van der Waals surface area contributed by atoms with Gasteiger partial charge in [0.25, 0.3) is 0 Å². The quantitative estimate of drug-likeness (QED) is 0.724. The Morgan fingerprint density at radius 1 is 1.18 bits per heavy atom. The molecule has 96 valence electrons. The Hall–Kier alpha value is -1.39. The van der Waals surface area contributed by atoms with Crippen molar-refractivity contribution in [3.05, 3.63) is 29.8 Å². The van der Waals surface area contributed by atoms with Crippen LogP contribution in [0.3, 0.4) is 0 Å². The molecular formula is C13H22N2O2. The summed E-state index contributed by atoms with van der Waals surface area (Å²) in [4.78, 5) is 4.30. The summed E-state index contributed by atoms with van der Waals surface area (Å²) in [5.74, 6) is 0.712. The summed E-state index contributed by atoms with van der Waals surface area (Å²) in [6.45, 7) is 4.19. The number of hydrogen-bond donors (Lipinski definition) is 2.